The Hall–Kier alpha value is 0.600. The first-order valence-electron chi connectivity index (χ1n) is 4.78. The van der Waals surface area contributed by atoms with Crippen LogP contribution in [-0.2, 0) is 0 Å². The number of halogens is 1. The van der Waals surface area contributed by atoms with Crippen molar-refractivity contribution in [2.45, 2.75) is 37.6 Å². The van der Waals surface area contributed by atoms with E-state index >= 15 is 0 Å². The molecule has 0 amide bonds. The minimum atomic E-state index is 0.451. The lowest BCUT2D eigenvalue weighted by molar-refractivity contribution is 0.348. The average molecular weight is 208 g/mol. The van der Waals surface area contributed by atoms with Crippen LogP contribution in [-0.4, -0.2) is 29.5 Å². The maximum atomic E-state index is 5.86. The molecule has 0 aliphatic heterocycles. The van der Waals surface area contributed by atoms with Crippen molar-refractivity contribution in [3.05, 3.63) is 0 Å². The summed E-state index contributed by atoms with van der Waals surface area (Å²) in [5.41, 5.74) is 0. The SMILES string of the molecule is CCSCCCNC1CC(Cl)C1. The van der Waals surface area contributed by atoms with Gasteiger partial charge in [-0.2, -0.15) is 11.8 Å². The fourth-order valence-electron chi connectivity index (χ4n) is 1.34. The van der Waals surface area contributed by atoms with Crippen LogP contribution in [0.15, 0.2) is 0 Å². The summed E-state index contributed by atoms with van der Waals surface area (Å²) < 4.78 is 0. The summed E-state index contributed by atoms with van der Waals surface area (Å²) >= 11 is 7.88. The van der Waals surface area contributed by atoms with E-state index in [0.717, 1.165) is 6.04 Å². The predicted molar refractivity (Wildman–Crippen MR) is 58.3 cm³/mol. The molecule has 0 aromatic rings. The molecule has 3 heteroatoms. The predicted octanol–water partition coefficient (Wildman–Crippen LogP) is 2.49. The van der Waals surface area contributed by atoms with E-state index in [-0.39, 0.29) is 0 Å². The van der Waals surface area contributed by atoms with Gasteiger partial charge in [-0.25, -0.2) is 0 Å². The largest absolute Gasteiger partial charge is 0.314 e. The van der Waals surface area contributed by atoms with E-state index in [4.69, 9.17) is 11.6 Å². The highest BCUT2D eigenvalue weighted by Gasteiger charge is 2.25. The Balaban J connectivity index is 1.77. The van der Waals surface area contributed by atoms with E-state index in [1.54, 1.807) is 0 Å². The molecule has 0 aromatic heterocycles. The highest BCUT2D eigenvalue weighted by molar-refractivity contribution is 7.99. The van der Waals surface area contributed by atoms with Gasteiger partial charge in [0.1, 0.15) is 0 Å². The van der Waals surface area contributed by atoms with Crippen LogP contribution in [0.4, 0.5) is 0 Å². The lowest BCUT2D eigenvalue weighted by Gasteiger charge is -2.31. The molecule has 72 valence electrons. The van der Waals surface area contributed by atoms with Gasteiger partial charge in [0.2, 0.25) is 0 Å². The first kappa shape index (κ1) is 10.7. The van der Waals surface area contributed by atoms with Crippen molar-refractivity contribution in [3.63, 3.8) is 0 Å². The molecule has 1 aliphatic rings. The Kier molecular flexibility index (Phi) is 5.44. The summed E-state index contributed by atoms with van der Waals surface area (Å²) in [6, 6.07) is 0.721. The van der Waals surface area contributed by atoms with Crippen molar-refractivity contribution in [2.75, 3.05) is 18.1 Å². The van der Waals surface area contributed by atoms with Crippen molar-refractivity contribution in [1.29, 1.82) is 0 Å². The van der Waals surface area contributed by atoms with Gasteiger partial charge in [0, 0.05) is 11.4 Å². The summed E-state index contributed by atoms with van der Waals surface area (Å²) in [6.45, 7) is 3.38. The molecule has 0 bridgehead atoms. The second-order valence-electron chi connectivity index (χ2n) is 3.27. The van der Waals surface area contributed by atoms with Gasteiger partial charge in [-0.3, -0.25) is 0 Å². The topological polar surface area (TPSA) is 12.0 Å². The Morgan fingerprint density at radius 1 is 1.50 bits per heavy atom. The zero-order valence-corrected chi connectivity index (χ0v) is 9.26. The van der Waals surface area contributed by atoms with Crippen LogP contribution < -0.4 is 5.32 Å². The van der Waals surface area contributed by atoms with Crippen LogP contribution in [0, 0.1) is 0 Å². The lowest BCUT2D eigenvalue weighted by Crippen LogP contribution is -2.42. The molecular weight excluding hydrogens is 190 g/mol. The zero-order valence-electron chi connectivity index (χ0n) is 7.68. The Labute approximate surface area is 84.6 Å². The second kappa shape index (κ2) is 6.11. The van der Waals surface area contributed by atoms with Crippen LogP contribution in [0.1, 0.15) is 26.2 Å². The third-order valence-corrected chi connectivity index (χ3v) is 3.53. The third-order valence-electron chi connectivity index (χ3n) is 2.18. The number of nitrogens with one attached hydrogen (secondary N) is 1. The number of alkyl halides is 1. The monoisotopic (exact) mass is 207 g/mol. The minimum absolute atomic E-state index is 0.451. The first-order valence-corrected chi connectivity index (χ1v) is 6.37. The van der Waals surface area contributed by atoms with Crippen molar-refractivity contribution in [1.82, 2.24) is 5.32 Å². The van der Waals surface area contributed by atoms with Gasteiger partial charge < -0.3 is 5.32 Å². The van der Waals surface area contributed by atoms with E-state index < -0.39 is 0 Å². The van der Waals surface area contributed by atoms with Gasteiger partial charge in [-0.05, 0) is 37.3 Å². The smallest absolute Gasteiger partial charge is 0.0365 e. The van der Waals surface area contributed by atoms with Crippen LogP contribution in [0.5, 0.6) is 0 Å². The Bertz CT molecular complexity index is 115. The van der Waals surface area contributed by atoms with Gasteiger partial charge in [0.05, 0.1) is 0 Å². The van der Waals surface area contributed by atoms with Crippen molar-refractivity contribution < 1.29 is 0 Å². The molecule has 1 saturated carbocycles. The molecule has 1 rings (SSSR count). The molecule has 1 aliphatic carbocycles. The fraction of sp³-hybridized carbons (Fsp3) is 1.00. The molecule has 0 radical (unpaired) electrons. The van der Waals surface area contributed by atoms with Crippen molar-refractivity contribution in [3.8, 4) is 0 Å². The zero-order chi connectivity index (χ0) is 8.81. The molecule has 0 aromatic carbocycles. The maximum Gasteiger partial charge on any atom is 0.0365 e. The summed E-state index contributed by atoms with van der Waals surface area (Å²) in [4.78, 5) is 0. The summed E-state index contributed by atoms with van der Waals surface area (Å²) in [5.74, 6) is 2.54. The van der Waals surface area contributed by atoms with E-state index in [9.17, 15) is 0 Å². The third kappa shape index (κ3) is 4.01. The number of thioether (sulfide) groups is 1. The summed E-state index contributed by atoms with van der Waals surface area (Å²) in [7, 11) is 0. The minimum Gasteiger partial charge on any atom is -0.314 e. The van der Waals surface area contributed by atoms with Gasteiger partial charge in [-0.1, -0.05) is 6.92 Å². The number of hydrogen-bond acceptors (Lipinski definition) is 2. The van der Waals surface area contributed by atoms with E-state index in [2.05, 4.69) is 12.2 Å². The van der Waals surface area contributed by atoms with Gasteiger partial charge in [0.15, 0.2) is 0 Å². The van der Waals surface area contributed by atoms with Crippen LogP contribution in [0.25, 0.3) is 0 Å². The highest BCUT2D eigenvalue weighted by atomic mass is 35.5. The second-order valence-corrected chi connectivity index (χ2v) is 5.28. The standard InChI is InChI=1S/C9H18ClNS/c1-2-12-5-3-4-11-9-6-8(10)7-9/h8-9,11H,2-7H2,1H3. The molecule has 1 N–H and O–H groups in total. The number of hydrogen-bond donors (Lipinski definition) is 1. The Morgan fingerprint density at radius 3 is 2.83 bits per heavy atom. The maximum absolute atomic E-state index is 5.86. The molecule has 12 heavy (non-hydrogen) atoms. The molecule has 1 fully saturated rings. The summed E-state index contributed by atoms with van der Waals surface area (Å²) in [5, 5.41) is 3.96. The molecule has 0 spiro atoms. The lowest BCUT2D eigenvalue weighted by atomic mass is 9.92. The van der Waals surface area contributed by atoms with Gasteiger partial charge >= 0.3 is 0 Å². The molecule has 0 unspecified atom stereocenters. The van der Waals surface area contributed by atoms with E-state index in [1.807, 2.05) is 11.8 Å². The van der Waals surface area contributed by atoms with E-state index in [0.29, 0.717) is 5.38 Å². The van der Waals surface area contributed by atoms with Crippen LogP contribution >= 0.6 is 23.4 Å². The Morgan fingerprint density at radius 2 is 2.25 bits per heavy atom. The van der Waals surface area contributed by atoms with Crippen molar-refractivity contribution >= 4 is 23.4 Å². The molecule has 0 saturated heterocycles. The van der Waals surface area contributed by atoms with Gasteiger partial charge in [-0.15, -0.1) is 11.6 Å². The van der Waals surface area contributed by atoms with E-state index in [1.165, 1.54) is 37.3 Å². The van der Waals surface area contributed by atoms with Crippen molar-refractivity contribution in [2.24, 2.45) is 0 Å². The quantitative estimate of drug-likeness (QED) is 0.531. The first-order chi connectivity index (χ1) is 5.83. The summed E-state index contributed by atoms with van der Waals surface area (Å²) in [6.07, 6.45) is 3.63. The molecule has 1 nitrogen and oxygen atoms in total. The van der Waals surface area contributed by atoms with Crippen LogP contribution in [0.3, 0.4) is 0 Å². The van der Waals surface area contributed by atoms with Crippen LogP contribution in [0.2, 0.25) is 0 Å². The molecule has 0 heterocycles. The fourth-order valence-corrected chi connectivity index (χ4v) is 2.41. The highest BCUT2D eigenvalue weighted by Crippen LogP contribution is 2.25. The normalized spacial score (nSPS) is 28.5. The molecular formula is C9H18ClNS. The van der Waals surface area contributed by atoms with Gasteiger partial charge in [0.25, 0.3) is 0 Å². The number of rotatable bonds is 6. The molecule has 0 atom stereocenters. The average Bonchev–Trinajstić information content (AvgIpc) is 2.00.